The van der Waals surface area contributed by atoms with Gasteiger partial charge in [-0.2, -0.15) is 0 Å². The fraction of sp³-hybridized carbons (Fsp3) is 0.320. The molecule has 1 fully saturated rings. The number of rotatable bonds is 3. The third-order valence-electron chi connectivity index (χ3n) is 6.34. The molecule has 2 aliphatic rings. The van der Waals surface area contributed by atoms with E-state index in [1.165, 1.54) is 28.2 Å². The van der Waals surface area contributed by atoms with Gasteiger partial charge in [0, 0.05) is 36.9 Å². The van der Waals surface area contributed by atoms with Crippen LogP contribution in [0.5, 0.6) is 5.75 Å². The Kier molecular flexibility index (Phi) is 5.74. The number of aryl methyl sites for hydroxylation is 1. The van der Waals surface area contributed by atoms with Gasteiger partial charge in [-0.05, 0) is 61.4 Å². The lowest BCUT2D eigenvalue weighted by molar-refractivity contribution is 0.0751. The second-order valence-corrected chi connectivity index (χ2v) is 9.75. The van der Waals surface area contributed by atoms with Crippen molar-refractivity contribution in [2.45, 2.75) is 13.8 Å². The number of carbonyl (C=O) groups excluding carboxylic acids is 1. The minimum absolute atomic E-state index is 0.112. The zero-order valence-corrected chi connectivity index (χ0v) is 19.9. The number of nitrogens with zero attached hydrogens (tertiary/aromatic N) is 3. The Morgan fingerprint density at radius 3 is 2.59 bits per heavy atom. The second-order valence-electron chi connectivity index (χ2n) is 8.25. The van der Waals surface area contributed by atoms with Crippen molar-refractivity contribution in [2.75, 3.05) is 49.1 Å². The molecule has 0 aliphatic carbocycles. The van der Waals surface area contributed by atoms with Crippen LogP contribution in [0.4, 0.5) is 16.4 Å². The van der Waals surface area contributed by atoms with Gasteiger partial charge in [-0.15, -0.1) is 11.3 Å². The summed E-state index contributed by atoms with van der Waals surface area (Å²) in [5, 5.41) is 1.71. The number of amides is 1. The van der Waals surface area contributed by atoms with Gasteiger partial charge in [0.05, 0.1) is 22.1 Å². The largest absolute Gasteiger partial charge is 0.490 e. The van der Waals surface area contributed by atoms with Crippen LogP contribution in [-0.2, 0) is 0 Å². The molecule has 7 heteroatoms. The Hall–Kier alpha value is -2.70. The van der Waals surface area contributed by atoms with E-state index in [0.29, 0.717) is 11.6 Å². The lowest BCUT2D eigenvalue weighted by atomic mass is 10.1. The van der Waals surface area contributed by atoms with Crippen LogP contribution in [-0.4, -0.2) is 50.1 Å². The standard InChI is InChI=1S/C25H26ClN3O2S/c1-17-4-3-5-20(18(17)2)27-10-12-28(13-11-27)25(30)23-8-9-24(32-23)29-14-15-31-22-7-6-19(26)16-21(22)29/h3-9,16H,10-15H2,1-2H3. The number of hydrogen-bond acceptors (Lipinski definition) is 5. The summed E-state index contributed by atoms with van der Waals surface area (Å²) in [5.74, 6) is 0.936. The predicted molar refractivity (Wildman–Crippen MR) is 132 cm³/mol. The summed E-state index contributed by atoms with van der Waals surface area (Å²) in [6.45, 7) is 8.82. The molecule has 2 aromatic carbocycles. The number of halogens is 1. The summed E-state index contributed by atoms with van der Waals surface area (Å²) in [5.41, 5.74) is 4.85. The second kappa shape index (κ2) is 8.68. The molecule has 5 nitrogen and oxygen atoms in total. The zero-order chi connectivity index (χ0) is 22.2. The Balaban J connectivity index is 1.28. The molecule has 1 aromatic heterocycles. The SMILES string of the molecule is Cc1cccc(N2CCN(C(=O)c3ccc(N4CCOc5ccc(Cl)cc54)s3)CC2)c1C. The lowest BCUT2D eigenvalue weighted by Crippen LogP contribution is -2.48. The van der Waals surface area contributed by atoms with Gasteiger partial charge in [0.25, 0.3) is 5.91 Å². The number of carbonyl (C=O) groups is 1. The molecule has 0 saturated carbocycles. The molecular weight excluding hydrogens is 442 g/mol. The van der Waals surface area contributed by atoms with Gasteiger partial charge >= 0.3 is 0 Å². The Labute approximate surface area is 197 Å². The Bertz CT molecular complexity index is 1150. The van der Waals surface area contributed by atoms with Crippen LogP contribution in [0.2, 0.25) is 5.02 Å². The van der Waals surface area contributed by atoms with Gasteiger partial charge in [-0.25, -0.2) is 0 Å². The number of fused-ring (bicyclic) bond motifs is 1. The first kappa shape index (κ1) is 21.2. The van der Waals surface area contributed by atoms with Crippen LogP contribution < -0.4 is 14.5 Å². The Morgan fingerprint density at radius 1 is 0.969 bits per heavy atom. The van der Waals surface area contributed by atoms with Crippen LogP contribution in [0.1, 0.15) is 20.8 Å². The molecule has 0 N–H and O–H groups in total. The van der Waals surface area contributed by atoms with Crippen molar-refractivity contribution in [1.82, 2.24) is 4.90 Å². The summed E-state index contributed by atoms with van der Waals surface area (Å²) in [6, 6.07) is 16.1. The monoisotopic (exact) mass is 467 g/mol. The highest BCUT2D eigenvalue weighted by Crippen LogP contribution is 2.41. The summed E-state index contributed by atoms with van der Waals surface area (Å²) in [6.07, 6.45) is 0. The van der Waals surface area contributed by atoms with E-state index >= 15 is 0 Å². The van der Waals surface area contributed by atoms with Gasteiger partial charge < -0.3 is 19.4 Å². The normalized spacial score (nSPS) is 16.0. The van der Waals surface area contributed by atoms with Crippen molar-refractivity contribution in [3.8, 4) is 5.75 Å². The maximum absolute atomic E-state index is 13.2. The molecule has 32 heavy (non-hydrogen) atoms. The van der Waals surface area contributed by atoms with Gasteiger partial charge in [-0.1, -0.05) is 23.7 Å². The third kappa shape index (κ3) is 3.93. The van der Waals surface area contributed by atoms with Crippen molar-refractivity contribution < 1.29 is 9.53 Å². The summed E-state index contributed by atoms with van der Waals surface area (Å²) in [4.78, 5) is 20.5. The summed E-state index contributed by atoms with van der Waals surface area (Å²) < 4.78 is 5.77. The molecule has 3 aromatic rings. The van der Waals surface area contributed by atoms with E-state index in [2.05, 4.69) is 41.8 Å². The highest BCUT2D eigenvalue weighted by Gasteiger charge is 2.26. The molecule has 1 saturated heterocycles. The molecule has 0 bridgehead atoms. The van der Waals surface area contributed by atoms with Gasteiger partial charge in [0.2, 0.25) is 0 Å². The minimum Gasteiger partial charge on any atom is -0.490 e. The number of ether oxygens (including phenoxy) is 1. The van der Waals surface area contributed by atoms with Crippen LogP contribution >= 0.6 is 22.9 Å². The minimum atomic E-state index is 0.112. The van der Waals surface area contributed by atoms with Crippen molar-refractivity contribution >= 4 is 45.2 Å². The number of piperazine rings is 1. The molecular formula is C25H26ClN3O2S. The molecule has 3 heterocycles. The van der Waals surface area contributed by atoms with E-state index in [-0.39, 0.29) is 5.91 Å². The smallest absolute Gasteiger partial charge is 0.264 e. The zero-order valence-electron chi connectivity index (χ0n) is 18.3. The first-order valence-corrected chi connectivity index (χ1v) is 12.1. The average Bonchev–Trinajstić information content (AvgIpc) is 3.30. The van der Waals surface area contributed by atoms with Gasteiger partial charge in [0.15, 0.2) is 0 Å². The van der Waals surface area contributed by atoms with E-state index in [0.717, 1.165) is 54.0 Å². The van der Waals surface area contributed by atoms with Gasteiger partial charge in [-0.3, -0.25) is 4.79 Å². The van der Waals surface area contributed by atoms with Crippen LogP contribution in [0.3, 0.4) is 0 Å². The summed E-state index contributed by atoms with van der Waals surface area (Å²) in [7, 11) is 0. The first-order valence-electron chi connectivity index (χ1n) is 10.9. The topological polar surface area (TPSA) is 36.0 Å². The van der Waals surface area contributed by atoms with E-state index in [9.17, 15) is 4.79 Å². The van der Waals surface area contributed by atoms with E-state index < -0.39 is 0 Å². The van der Waals surface area contributed by atoms with Crippen molar-refractivity contribution in [3.63, 3.8) is 0 Å². The lowest BCUT2D eigenvalue weighted by Gasteiger charge is -2.37. The highest BCUT2D eigenvalue weighted by molar-refractivity contribution is 7.18. The average molecular weight is 468 g/mol. The quantitative estimate of drug-likeness (QED) is 0.508. The van der Waals surface area contributed by atoms with Crippen molar-refractivity contribution in [2.24, 2.45) is 0 Å². The molecule has 0 spiro atoms. The first-order chi connectivity index (χ1) is 15.5. The molecule has 0 radical (unpaired) electrons. The molecule has 2 aliphatic heterocycles. The fourth-order valence-corrected chi connectivity index (χ4v) is 5.57. The predicted octanol–water partition coefficient (Wildman–Crippen LogP) is 5.51. The van der Waals surface area contributed by atoms with E-state index in [4.69, 9.17) is 16.3 Å². The van der Waals surface area contributed by atoms with Crippen molar-refractivity contribution in [3.05, 3.63) is 69.6 Å². The number of thiophene rings is 1. The highest BCUT2D eigenvalue weighted by atomic mass is 35.5. The third-order valence-corrected chi connectivity index (χ3v) is 7.67. The van der Waals surface area contributed by atoms with E-state index in [1.54, 1.807) is 0 Å². The Morgan fingerprint density at radius 2 is 1.78 bits per heavy atom. The van der Waals surface area contributed by atoms with Crippen LogP contribution in [0, 0.1) is 13.8 Å². The molecule has 1 amide bonds. The molecule has 166 valence electrons. The van der Waals surface area contributed by atoms with E-state index in [1.807, 2.05) is 35.2 Å². The fourth-order valence-electron chi connectivity index (χ4n) is 4.39. The maximum atomic E-state index is 13.2. The van der Waals surface area contributed by atoms with Crippen LogP contribution in [0.25, 0.3) is 0 Å². The summed E-state index contributed by atoms with van der Waals surface area (Å²) >= 11 is 7.75. The maximum Gasteiger partial charge on any atom is 0.264 e. The van der Waals surface area contributed by atoms with Gasteiger partial charge in [0.1, 0.15) is 12.4 Å². The number of anilines is 3. The molecule has 5 rings (SSSR count). The molecule has 0 atom stereocenters. The van der Waals surface area contributed by atoms with Crippen molar-refractivity contribution in [1.29, 1.82) is 0 Å². The molecule has 0 unspecified atom stereocenters. The van der Waals surface area contributed by atoms with Crippen LogP contribution in [0.15, 0.2) is 48.5 Å². The number of hydrogen-bond donors (Lipinski definition) is 0. The number of benzene rings is 2.